The van der Waals surface area contributed by atoms with Crippen LogP contribution in [0.5, 0.6) is 0 Å². The van der Waals surface area contributed by atoms with E-state index in [9.17, 15) is 0 Å². The minimum Gasteiger partial charge on any atom is -0.389 e. The Morgan fingerprint density at radius 1 is 1.29 bits per heavy atom. The van der Waals surface area contributed by atoms with Crippen molar-refractivity contribution in [3.05, 3.63) is 28.8 Å². The topological polar surface area (TPSA) is 42.2 Å². The zero-order chi connectivity index (χ0) is 14.4. The van der Waals surface area contributed by atoms with Gasteiger partial charge in [0.2, 0.25) is 0 Å². The molecule has 1 aliphatic carbocycles. The van der Waals surface area contributed by atoms with Crippen LogP contribution in [0.3, 0.4) is 0 Å². The van der Waals surface area contributed by atoms with E-state index in [1.54, 1.807) is 11.3 Å². The standard InChI is InChI=1S/C17H21N3S/c1-20-9-8-12-10-13(6-7-14(12)20)15-16(18)21-17(19-15)11-4-2-3-5-11/h6-7,10-11H,2-5,8-9,18H2,1H3. The first-order valence-corrected chi connectivity index (χ1v) is 8.64. The van der Waals surface area contributed by atoms with Crippen LogP contribution in [0.1, 0.15) is 42.2 Å². The van der Waals surface area contributed by atoms with Crippen LogP contribution in [0.4, 0.5) is 10.7 Å². The normalized spacial score (nSPS) is 18.4. The van der Waals surface area contributed by atoms with Crippen LogP contribution < -0.4 is 10.6 Å². The third kappa shape index (κ3) is 2.22. The van der Waals surface area contributed by atoms with Gasteiger partial charge >= 0.3 is 0 Å². The molecule has 1 aliphatic heterocycles. The Labute approximate surface area is 129 Å². The fourth-order valence-electron chi connectivity index (χ4n) is 3.62. The van der Waals surface area contributed by atoms with E-state index in [0.29, 0.717) is 5.92 Å². The second-order valence-electron chi connectivity index (χ2n) is 6.26. The minimum absolute atomic E-state index is 0.645. The highest BCUT2D eigenvalue weighted by atomic mass is 32.1. The number of rotatable bonds is 2. The number of nitrogens with zero attached hydrogens (tertiary/aromatic N) is 2. The summed E-state index contributed by atoms with van der Waals surface area (Å²) in [6, 6.07) is 6.67. The first kappa shape index (κ1) is 13.1. The lowest BCUT2D eigenvalue weighted by Crippen LogP contribution is -2.12. The monoisotopic (exact) mass is 299 g/mol. The fraction of sp³-hybridized carbons (Fsp3) is 0.471. The Hall–Kier alpha value is -1.55. The second kappa shape index (κ2) is 5.02. The molecule has 2 aliphatic rings. The maximum atomic E-state index is 6.26. The molecule has 21 heavy (non-hydrogen) atoms. The summed E-state index contributed by atoms with van der Waals surface area (Å²) in [5, 5.41) is 2.13. The molecule has 0 saturated heterocycles. The first-order chi connectivity index (χ1) is 10.2. The van der Waals surface area contributed by atoms with E-state index in [4.69, 9.17) is 10.7 Å². The van der Waals surface area contributed by atoms with Gasteiger partial charge in [0.15, 0.2) is 0 Å². The molecule has 0 radical (unpaired) electrons. The Bertz CT molecular complexity index is 671. The van der Waals surface area contributed by atoms with Crippen molar-refractivity contribution < 1.29 is 0 Å². The zero-order valence-electron chi connectivity index (χ0n) is 12.4. The Morgan fingerprint density at radius 2 is 2.10 bits per heavy atom. The lowest BCUT2D eigenvalue weighted by atomic mass is 10.1. The highest BCUT2D eigenvalue weighted by molar-refractivity contribution is 7.16. The van der Waals surface area contributed by atoms with Crippen molar-refractivity contribution in [1.82, 2.24) is 4.98 Å². The third-order valence-electron chi connectivity index (χ3n) is 4.86. The third-order valence-corrected chi connectivity index (χ3v) is 5.90. The zero-order valence-corrected chi connectivity index (χ0v) is 13.2. The van der Waals surface area contributed by atoms with E-state index in [2.05, 4.69) is 30.1 Å². The predicted molar refractivity (Wildman–Crippen MR) is 90.1 cm³/mol. The van der Waals surface area contributed by atoms with Gasteiger partial charge in [-0.05, 0) is 37.0 Å². The molecule has 1 saturated carbocycles. The number of fused-ring (bicyclic) bond motifs is 1. The summed E-state index contributed by atoms with van der Waals surface area (Å²) >= 11 is 1.70. The van der Waals surface area contributed by atoms with Gasteiger partial charge < -0.3 is 10.6 Å². The number of nitrogens with two attached hydrogens (primary N) is 1. The quantitative estimate of drug-likeness (QED) is 0.910. The number of hydrogen-bond donors (Lipinski definition) is 1. The lowest BCUT2D eigenvalue weighted by Gasteiger charge is -2.11. The molecule has 3 nitrogen and oxygen atoms in total. The number of thiazole rings is 1. The van der Waals surface area contributed by atoms with Crippen LogP contribution in [-0.4, -0.2) is 18.6 Å². The van der Waals surface area contributed by atoms with Crippen LogP contribution >= 0.6 is 11.3 Å². The molecule has 0 amide bonds. The summed E-state index contributed by atoms with van der Waals surface area (Å²) in [6.07, 6.45) is 6.36. The van der Waals surface area contributed by atoms with Gasteiger partial charge in [-0.25, -0.2) is 4.98 Å². The van der Waals surface area contributed by atoms with Crippen LogP contribution in [0.2, 0.25) is 0 Å². The van der Waals surface area contributed by atoms with E-state index in [-0.39, 0.29) is 0 Å². The molecule has 0 unspecified atom stereocenters. The van der Waals surface area contributed by atoms with Crippen LogP contribution in [-0.2, 0) is 6.42 Å². The van der Waals surface area contributed by atoms with Gasteiger partial charge in [-0.3, -0.25) is 0 Å². The molecule has 2 aromatic rings. The van der Waals surface area contributed by atoms with Gasteiger partial charge in [0.25, 0.3) is 0 Å². The number of likely N-dealkylation sites (N-methyl/N-ethyl adjacent to an activating group) is 1. The maximum absolute atomic E-state index is 6.26. The molecule has 1 aromatic carbocycles. The molecule has 4 rings (SSSR count). The van der Waals surface area contributed by atoms with Gasteiger partial charge in [-0.15, -0.1) is 11.3 Å². The van der Waals surface area contributed by atoms with Crippen molar-refractivity contribution in [3.63, 3.8) is 0 Å². The summed E-state index contributed by atoms with van der Waals surface area (Å²) in [4.78, 5) is 7.20. The smallest absolute Gasteiger partial charge is 0.114 e. The van der Waals surface area contributed by atoms with Crippen molar-refractivity contribution in [3.8, 4) is 11.3 Å². The molecular formula is C17H21N3S. The van der Waals surface area contributed by atoms with Gasteiger partial charge in [-0.2, -0.15) is 0 Å². The lowest BCUT2D eigenvalue weighted by molar-refractivity contribution is 0.717. The number of anilines is 2. The Morgan fingerprint density at radius 3 is 2.90 bits per heavy atom. The molecule has 0 spiro atoms. The van der Waals surface area contributed by atoms with Gasteiger partial charge in [0, 0.05) is 30.8 Å². The first-order valence-electron chi connectivity index (χ1n) is 7.83. The van der Waals surface area contributed by atoms with Gasteiger partial charge in [0.1, 0.15) is 10.7 Å². The van der Waals surface area contributed by atoms with Crippen molar-refractivity contribution in [1.29, 1.82) is 0 Å². The number of nitrogen functional groups attached to an aromatic ring is 1. The molecule has 0 bridgehead atoms. The number of hydrogen-bond acceptors (Lipinski definition) is 4. The molecule has 0 atom stereocenters. The Balaban J connectivity index is 1.70. The van der Waals surface area contributed by atoms with Crippen LogP contribution in [0, 0.1) is 0 Å². The average Bonchev–Trinajstić information content (AvgIpc) is 3.19. The summed E-state index contributed by atoms with van der Waals surface area (Å²) in [5.74, 6) is 0.645. The van der Waals surface area contributed by atoms with E-state index >= 15 is 0 Å². The largest absolute Gasteiger partial charge is 0.389 e. The predicted octanol–water partition coefficient (Wildman–Crippen LogP) is 4.04. The fourth-order valence-corrected chi connectivity index (χ4v) is 4.64. The molecule has 110 valence electrons. The second-order valence-corrected chi connectivity index (χ2v) is 7.32. The summed E-state index contributed by atoms with van der Waals surface area (Å²) in [7, 11) is 2.15. The highest BCUT2D eigenvalue weighted by Crippen LogP contribution is 2.41. The van der Waals surface area contributed by atoms with Gasteiger partial charge in [0.05, 0.1) is 5.01 Å². The van der Waals surface area contributed by atoms with E-state index in [0.717, 1.165) is 23.7 Å². The highest BCUT2D eigenvalue weighted by Gasteiger charge is 2.23. The Kier molecular flexibility index (Phi) is 3.14. The van der Waals surface area contributed by atoms with Crippen molar-refractivity contribution >= 4 is 22.0 Å². The summed E-state index contributed by atoms with van der Waals surface area (Å²) in [5.41, 5.74) is 11.2. The average molecular weight is 299 g/mol. The molecule has 1 fully saturated rings. The van der Waals surface area contributed by atoms with Crippen molar-refractivity contribution in [2.45, 2.75) is 38.0 Å². The maximum Gasteiger partial charge on any atom is 0.114 e. The molecule has 2 heterocycles. The number of aromatic nitrogens is 1. The van der Waals surface area contributed by atoms with Crippen LogP contribution in [0.25, 0.3) is 11.3 Å². The molecule has 2 N–H and O–H groups in total. The van der Waals surface area contributed by atoms with Crippen molar-refractivity contribution in [2.75, 3.05) is 24.2 Å². The molecular weight excluding hydrogens is 278 g/mol. The SMILES string of the molecule is CN1CCc2cc(-c3nc(C4CCCC4)sc3N)ccc21. The summed E-state index contributed by atoms with van der Waals surface area (Å²) in [6.45, 7) is 1.11. The van der Waals surface area contributed by atoms with E-state index < -0.39 is 0 Å². The molecule has 4 heteroatoms. The van der Waals surface area contributed by atoms with Crippen molar-refractivity contribution in [2.24, 2.45) is 0 Å². The van der Waals surface area contributed by atoms with Gasteiger partial charge in [-0.1, -0.05) is 18.9 Å². The van der Waals surface area contributed by atoms with Crippen LogP contribution in [0.15, 0.2) is 18.2 Å². The summed E-state index contributed by atoms with van der Waals surface area (Å²) < 4.78 is 0. The number of benzene rings is 1. The van der Waals surface area contributed by atoms with E-state index in [1.807, 2.05) is 0 Å². The minimum atomic E-state index is 0.645. The molecule has 1 aromatic heterocycles. The van der Waals surface area contributed by atoms with E-state index in [1.165, 1.54) is 47.5 Å².